The van der Waals surface area contributed by atoms with Crippen molar-refractivity contribution >= 4 is 23.7 Å². The predicted octanol–water partition coefficient (Wildman–Crippen LogP) is 1.64. The smallest absolute Gasteiger partial charge is 0.148 e. The highest BCUT2D eigenvalue weighted by Crippen LogP contribution is 2.47. The molecule has 1 fully saturated rings. The summed E-state index contributed by atoms with van der Waals surface area (Å²) >= 11 is 1.79. The van der Waals surface area contributed by atoms with E-state index in [1.807, 2.05) is 19.9 Å². The van der Waals surface area contributed by atoms with Gasteiger partial charge < -0.3 is 24.7 Å². The van der Waals surface area contributed by atoms with E-state index in [4.69, 9.17) is 9.47 Å². The van der Waals surface area contributed by atoms with Crippen molar-refractivity contribution in [2.75, 3.05) is 38.7 Å². The minimum Gasteiger partial charge on any atom is -0.530 e. The van der Waals surface area contributed by atoms with Crippen molar-refractivity contribution in [3.63, 3.8) is 0 Å². The van der Waals surface area contributed by atoms with Crippen molar-refractivity contribution in [3.8, 4) is 5.75 Å². The molecule has 3 rings (SSSR count). The number of morpholine rings is 1. The monoisotopic (exact) mass is 338 g/mol. The van der Waals surface area contributed by atoms with Gasteiger partial charge in [0.25, 0.3) is 0 Å². The zero-order valence-electron chi connectivity index (χ0n) is 13.7. The zero-order chi connectivity index (χ0) is 16.7. The summed E-state index contributed by atoms with van der Waals surface area (Å²) in [6, 6.07) is 3.73. The fourth-order valence-electron chi connectivity index (χ4n) is 2.98. The number of ether oxygens (including phenoxy) is 2. The fourth-order valence-corrected chi connectivity index (χ4v) is 4.19. The largest absolute Gasteiger partial charge is 0.530 e. The molecule has 2 aliphatic rings. The summed E-state index contributed by atoms with van der Waals surface area (Å²) in [5.41, 5.74) is 1.18. The van der Waals surface area contributed by atoms with Crippen molar-refractivity contribution < 1.29 is 23.3 Å². The average Bonchev–Trinajstić information content (AvgIpc) is 2.78. The summed E-state index contributed by atoms with van der Waals surface area (Å²) in [7, 11) is 2.20. The van der Waals surface area contributed by atoms with Gasteiger partial charge in [-0.25, -0.2) is 0 Å². The predicted molar refractivity (Wildman–Crippen MR) is 86.5 cm³/mol. The van der Waals surface area contributed by atoms with Crippen LogP contribution in [0.4, 0.5) is 10.5 Å². The van der Waals surface area contributed by atoms with Crippen molar-refractivity contribution in [1.82, 2.24) is 0 Å². The number of amides is 1. The molecule has 0 unspecified atom stereocenters. The van der Waals surface area contributed by atoms with E-state index in [9.17, 15) is 9.90 Å². The van der Waals surface area contributed by atoms with Gasteiger partial charge in [0.15, 0.2) is 0 Å². The molecule has 2 heterocycles. The number of likely N-dealkylation sites (N-methyl/N-ethyl adjacent to an activating group) is 1. The number of carboxylic acid groups (broad SMARTS) is 1. The van der Waals surface area contributed by atoms with E-state index in [1.54, 1.807) is 18.0 Å². The molecule has 1 saturated heterocycles. The quantitative estimate of drug-likeness (QED) is 0.670. The molecule has 6 nitrogen and oxygen atoms in total. The van der Waals surface area contributed by atoms with Crippen LogP contribution in [0, 0.1) is 0 Å². The van der Waals surface area contributed by atoms with E-state index < -0.39 is 6.09 Å². The van der Waals surface area contributed by atoms with Gasteiger partial charge in [-0.1, -0.05) is 0 Å². The van der Waals surface area contributed by atoms with Crippen LogP contribution in [-0.2, 0) is 11.2 Å². The molecule has 0 aliphatic carbocycles. The number of carbonyl (C=O) groups is 1. The second kappa shape index (κ2) is 5.89. The molecular weight excluding hydrogens is 316 g/mol. The molecule has 0 saturated carbocycles. The number of nitrogens with one attached hydrogen (secondary N) is 1. The maximum absolute atomic E-state index is 10.9. The maximum atomic E-state index is 10.9. The lowest BCUT2D eigenvalue weighted by Crippen LogP contribution is -2.46. The normalized spacial score (nSPS) is 21.3. The minimum absolute atomic E-state index is 0.342. The highest BCUT2D eigenvalue weighted by atomic mass is 32.2. The first-order valence-electron chi connectivity index (χ1n) is 7.73. The third-order valence-corrected chi connectivity index (χ3v) is 5.56. The third kappa shape index (κ3) is 3.57. The number of rotatable bonds is 3. The van der Waals surface area contributed by atoms with E-state index in [0.717, 1.165) is 47.1 Å². The molecule has 0 spiro atoms. The van der Waals surface area contributed by atoms with Gasteiger partial charge in [-0.05, 0) is 26.0 Å². The van der Waals surface area contributed by atoms with Gasteiger partial charge in [-0.15, -0.1) is 0 Å². The van der Waals surface area contributed by atoms with Gasteiger partial charge >= 0.3 is 0 Å². The number of benzene rings is 1. The van der Waals surface area contributed by atoms with E-state index in [1.165, 1.54) is 0 Å². The number of carbonyl (C=O) groups excluding carboxylic acids is 1. The van der Waals surface area contributed by atoms with Crippen LogP contribution < -0.4 is 15.2 Å². The number of quaternary nitrogens is 1. The Hall–Kier alpha value is -1.44. The summed E-state index contributed by atoms with van der Waals surface area (Å²) in [6.45, 7) is 7.44. The molecule has 23 heavy (non-hydrogen) atoms. The Morgan fingerprint density at radius 3 is 2.70 bits per heavy atom. The van der Waals surface area contributed by atoms with Crippen LogP contribution >= 0.6 is 11.9 Å². The van der Waals surface area contributed by atoms with E-state index in [2.05, 4.69) is 12.4 Å². The van der Waals surface area contributed by atoms with Gasteiger partial charge in [0, 0.05) is 12.0 Å². The van der Waals surface area contributed by atoms with E-state index in [-0.39, 0.29) is 5.60 Å². The lowest BCUT2D eigenvalue weighted by Gasteiger charge is -2.35. The van der Waals surface area contributed by atoms with Crippen molar-refractivity contribution in [1.29, 1.82) is 0 Å². The van der Waals surface area contributed by atoms with Gasteiger partial charge in [0.2, 0.25) is 0 Å². The Morgan fingerprint density at radius 2 is 2.04 bits per heavy atom. The first kappa shape index (κ1) is 16.4. The molecule has 0 radical (unpaired) electrons. The lowest BCUT2D eigenvalue weighted by molar-refractivity contribution is -0.784. The zero-order valence-corrected chi connectivity index (χ0v) is 14.5. The van der Waals surface area contributed by atoms with Crippen LogP contribution in [0.5, 0.6) is 5.75 Å². The van der Waals surface area contributed by atoms with Gasteiger partial charge in [0.1, 0.15) is 42.5 Å². The number of fused-ring (bicyclic) bond motifs is 1. The molecule has 1 aromatic carbocycles. The summed E-state index contributed by atoms with van der Waals surface area (Å²) in [5.74, 6) is 0.629. The second-order valence-corrected chi connectivity index (χ2v) is 8.32. The van der Waals surface area contributed by atoms with E-state index >= 15 is 0 Å². The summed E-state index contributed by atoms with van der Waals surface area (Å²) in [4.78, 5) is 12.0. The topological polar surface area (TPSA) is 70.6 Å². The minimum atomic E-state index is -1.33. The van der Waals surface area contributed by atoms with Crippen LogP contribution in [0.2, 0.25) is 0 Å². The molecule has 2 aliphatic heterocycles. The van der Waals surface area contributed by atoms with Crippen LogP contribution in [0.25, 0.3) is 0 Å². The number of anilines is 1. The molecule has 0 atom stereocenters. The molecule has 0 bridgehead atoms. The molecule has 7 heteroatoms. The lowest BCUT2D eigenvalue weighted by atomic mass is 10.0. The fraction of sp³-hybridized carbons (Fsp3) is 0.562. The van der Waals surface area contributed by atoms with Gasteiger partial charge in [0.05, 0.1) is 30.8 Å². The van der Waals surface area contributed by atoms with Gasteiger partial charge in [-0.3, -0.25) is 3.89 Å². The highest BCUT2D eigenvalue weighted by Gasteiger charge is 2.37. The Kier molecular flexibility index (Phi) is 4.20. The van der Waals surface area contributed by atoms with Crippen molar-refractivity contribution in [2.24, 2.45) is 0 Å². The Morgan fingerprint density at radius 1 is 1.35 bits per heavy atom. The molecule has 126 valence electrons. The Labute approximate surface area is 140 Å². The van der Waals surface area contributed by atoms with Gasteiger partial charge in [-0.2, -0.15) is 0 Å². The summed E-state index contributed by atoms with van der Waals surface area (Å²) < 4.78 is 12.3. The highest BCUT2D eigenvalue weighted by molar-refractivity contribution is 7.94. The second-order valence-electron chi connectivity index (χ2n) is 6.82. The SMILES string of the molecule is CC1(C)Cc2c(S[N+]3(C)CCOCC3)ccc(NC(=O)[O-])c2O1. The van der Waals surface area contributed by atoms with Crippen molar-refractivity contribution in [2.45, 2.75) is 30.8 Å². The molecule has 0 aromatic heterocycles. The molecule has 1 amide bonds. The standard InChI is InChI=1S/C16H22N2O4S/c1-16(2)10-11-13(23-18(3)6-8-21-9-7-18)5-4-12(14(11)22-16)17-15(19)20/h4-5,17H,6-10H2,1-3H3. The first-order valence-corrected chi connectivity index (χ1v) is 8.50. The molecule has 1 aromatic rings. The van der Waals surface area contributed by atoms with Crippen LogP contribution in [0.1, 0.15) is 19.4 Å². The molecular formula is C16H22N2O4S. The Balaban J connectivity index is 1.93. The van der Waals surface area contributed by atoms with Crippen LogP contribution in [-0.4, -0.2) is 48.9 Å². The maximum Gasteiger partial charge on any atom is 0.148 e. The molecule has 1 N–H and O–H groups in total. The third-order valence-electron chi connectivity index (χ3n) is 4.17. The number of hydrogen-bond donors (Lipinski definition) is 1. The summed E-state index contributed by atoms with van der Waals surface area (Å²) in [6.07, 6.45) is -0.572. The van der Waals surface area contributed by atoms with Crippen LogP contribution in [0.15, 0.2) is 17.0 Å². The average molecular weight is 338 g/mol. The first-order chi connectivity index (χ1) is 10.8. The van der Waals surface area contributed by atoms with E-state index in [0.29, 0.717) is 11.4 Å². The van der Waals surface area contributed by atoms with Crippen LogP contribution in [0.3, 0.4) is 0 Å². The summed E-state index contributed by atoms with van der Waals surface area (Å²) in [5, 5.41) is 13.2. The Bertz CT molecular complexity index is 627. The number of nitrogens with zero attached hydrogens (tertiary/aromatic N) is 1. The van der Waals surface area contributed by atoms with Crippen molar-refractivity contribution in [3.05, 3.63) is 17.7 Å². The number of hydrogen-bond acceptors (Lipinski definition) is 5.